The second-order valence-corrected chi connectivity index (χ2v) is 6.59. The lowest BCUT2D eigenvalue weighted by atomic mass is 10.0. The lowest BCUT2D eigenvalue weighted by molar-refractivity contribution is -0.116. The molecule has 3 aromatic rings. The molecule has 1 N–H and O–H groups in total. The molecule has 26 heavy (non-hydrogen) atoms. The Morgan fingerprint density at radius 2 is 1.92 bits per heavy atom. The summed E-state index contributed by atoms with van der Waals surface area (Å²) in [5.74, 6) is 0.699. The lowest BCUT2D eigenvalue weighted by Crippen LogP contribution is -2.20. The molecule has 1 aliphatic carbocycles. The summed E-state index contributed by atoms with van der Waals surface area (Å²) >= 11 is 0. The van der Waals surface area contributed by atoms with Gasteiger partial charge in [0.15, 0.2) is 0 Å². The fourth-order valence-electron chi connectivity index (χ4n) is 3.36. The molecule has 0 unspecified atom stereocenters. The first kappa shape index (κ1) is 16.4. The first-order chi connectivity index (χ1) is 12.7. The number of hydrogen-bond acceptors (Lipinski definition) is 4. The number of nitrogens with one attached hydrogen (secondary N) is 1. The van der Waals surface area contributed by atoms with E-state index in [2.05, 4.69) is 20.3 Å². The molecule has 2 aromatic heterocycles. The van der Waals surface area contributed by atoms with Crippen LogP contribution < -0.4 is 5.32 Å². The topological polar surface area (TPSA) is 72.7 Å². The molecule has 1 amide bonds. The van der Waals surface area contributed by atoms with Gasteiger partial charge in [-0.1, -0.05) is 12.1 Å². The molecular formula is C20H21N5O. The van der Waals surface area contributed by atoms with Crippen LogP contribution in [0.1, 0.15) is 30.1 Å². The molecule has 2 heterocycles. The number of anilines is 1. The molecule has 1 aliphatic rings. The zero-order valence-electron chi connectivity index (χ0n) is 14.8. The monoisotopic (exact) mass is 347 g/mol. The van der Waals surface area contributed by atoms with E-state index in [9.17, 15) is 4.79 Å². The quantitative estimate of drug-likeness (QED) is 0.787. The van der Waals surface area contributed by atoms with Crippen molar-refractivity contribution in [2.24, 2.45) is 0 Å². The summed E-state index contributed by atoms with van der Waals surface area (Å²) in [7, 11) is 0. The van der Waals surface area contributed by atoms with E-state index in [1.165, 1.54) is 18.5 Å². The van der Waals surface area contributed by atoms with Crippen molar-refractivity contribution >= 4 is 11.6 Å². The Kier molecular flexibility index (Phi) is 4.48. The number of benzene rings is 1. The maximum atomic E-state index is 12.4. The van der Waals surface area contributed by atoms with Crippen molar-refractivity contribution < 1.29 is 4.79 Å². The Balaban J connectivity index is 1.42. The van der Waals surface area contributed by atoms with Gasteiger partial charge in [0, 0.05) is 23.1 Å². The predicted octanol–water partition coefficient (Wildman–Crippen LogP) is 3.17. The van der Waals surface area contributed by atoms with Gasteiger partial charge < -0.3 is 9.88 Å². The minimum atomic E-state index is -0.0404. The number of amides is 1. The van der Waals surface area contributed by atoms with Crippen LogP contribution in [0.15, 0.2) is 42.9 Å². The Bertz CT molecular complexity index is 930. The van der Waals surface area contributed by atoms with E-state index in [1.54, 1.807) is 12.5 Å². The number of nitrogens with zero attached hydrogens (tertiary/aromatic N) is 4. The summed E-state index contributed by atoms with van der Waals surface area (Å²) in [5, 5.41) is 2.96. The van der Waals surface area contributed by atoms with Gasteiger partial charge in [-0.25, -0.2) is 15.0 Å². The molecule has 6 nitrogen and oxygen atoms in total. The first-order valence-corrected chi connectivity index (χ1v) is 8.92. The van der Waals surface area contributed by atoms with Gasteiger partial charge in [-0.3, -0.25) is 4.79 Å². The minimum absolute atomic E-state index is 0.0404. The predicted molar refractivity (Wildman–Crippen MR) is 99.7 cm³/mol. The number of rotatable bonds is 4. The highest BCUT2D eigenvalue weighted by molar-refractivity contribution is 5.90. The zero-order chi connectivity index (χ0) is 17.9. The van der Waals surface area contributed by atoms with Crippen LogP contribution >= 0.6 is 0 Å². The van der Waals surface area contributed by atoms with Crippen molar-refractivity contribution in [1.29, 1.82) is 0 Å². The second-order valence-electron chi connectivity index (χ2n) is 6.59. The highest BCUT2D eigenvalue weighted by Crippen LogP contribution is 2.21. The number of imidazole rings is 1. The number of aromatic nitrogens is 4. The molecule has 1 aromatic carbocycles. The Morgan fingerprint density at radius 1 is 1.12 bits per heavy atom. The van der Waals surface area contributed by atoms with Crippen molar-refractivity contribution in [3.63, 3.8) is 0 Å². The second kappa shape index (κ2) is 7.07. The average molecular weight is 347 g/mol. The minimum Gasteiger partial charge on any atom is -0.325 e. The molecule has 0 bridgehead atoms. The molecule has 0 saturated carbocycles. The van der Waals surface area contributed by atoms with Crippen LogP contribution in [0.5, 0.6) is 0 Å². The van der Waals surface area contributed by atoms with Gasteiger partial charge in [-0.15, -0.1) is 0 Å². The van der Waals surface area contributed by atoms with Crippen molar-refractivity contribution in [3.05, 3.63) is 60.1 Å². The molecule has 132 valence electrons. The molecule has 4 rings (SSSR count). The molecule has 0 atom stereocenters. The van der Waals surface area contributed by atoms with Gasteiger partial charge in [0.05, 0.1) is 17.7 Å². The number of fused-ring (bicyclic) bond motifs is 1. The van der Waals surface area contributed by atoms with E-state index in [1.807, 2.05) is 41.8 Å². The van der Waals surface area contributed by atoms with E-state index in [0.29, 0.717) is 6.54 Å². The highest BCUT2D eigenvalue weighted by atomic mass is 16.1. The van der Waals surface area contributed by atoms with Crippen LogP contribution in [0.4, 0.5) is 5.69 Å². The average Bonchev–Trinajstić information content (AvgIpc) is 3.05. The maximum absolute atomic E-state index is 12.4. The summed E-state index contributed by atoms with van der Waals surface area (Å²) in [4.78, 5) is 25.4. The smallest absolute Gasteiger partial charge is 0.244 e. The highest BCUT2D eigenvalue weighted by Gasteiger charge is 2.16. The molecule has 0 spiro atoms. The van der Waals surface area contributed by atoms with E-state index < -0.39 is 0 Å². The van der Waals surface area contributed by atoms with Gasteiger partial charge in [0.1, 0.15) is 12.4 Å². The fourth-order valence-corrected chi connectivity index (χ4v) is 3.36. The summed E-state index contributed by atoms with van der Waals surface area (Å²) in [6.45, 7) is 2.17. The molecule has 0 saturated heterocycles. The normalized spacial score (nSPS) is 13.3. The van der Waals surface area contributed by atoms with Crippen LogP contribution in [0.25, 0.3) is 11.3 Å². The maximum Gasteiger partial charge on any atom is 0.244 e. The Hall–Kier alpha value is -3.02. The van der Waals surface area contributed by atoms with Crippen molar-refractivity contribution in [3.8, 4) is 11.3 Å². The van der Waals surface area contributed by atoms with Crippen molar-refractivity contribution in [2.75, 3.05) is 5.32 Å². The van der Waals surface area contributed by atoms with E-state index in [4.69, 9.17) is 0 Å². The molecular weight excluding hydrogens is 326 g/mol. The van der Waals surface area contributed by atoms with Crippen molar-refractivity contribution in [1.82, 2.24) is 19.5 Å². The third-order valence-corrected chi connectivity index (χ3v) is 4.66. The van der Waals surface area contributed by atoms with Crippen LogP contribution in [0.2, 0.25) is 0 Å². The number of aryl methyl sites for hydroxylation is 2. The fraction of sp³-hybridized carbons (Fsp3) is 0.300. The van der Waals surface area contributed by atoms with Crippen LogP contribution in [0, 0.1) is 6.92 Å². The number of hydrogen-bond donors (Lipinski definition) is 1. The number of carbonyl (C=O) groups is 1. The Morgan fingerprint density at radius 3 is 2.73 bits per heavy atom. The molecule has 0 fully saturated rings. The molecule has 6 heteroatoms. The Labute approximate surface area is 152 Å². The van der Waals surface area contributed by atoms with Crippen LogP contribution in [-0.4, -0.2) is 25.4 Å². The van der Waals surface area contributed by atoms with E-state index in [-0.39, 0.29) is 5.91 Å². The SMILES string of the molecule is Cc1nccc(-c2ccc(NC(=O)Cn3cnc4c3CCCC4)cc2)n1. The lowest BCUT2D eigenvalue weighted by Gasteiger charge is -2.14. The van der Waals surface area contributed by atoms with Crippen LogP contribution in [-0.2, 0) is 24.2 Å². The molecule has 0 radical (unpaired) electrons. The molecule has 0 aliphatic heterocycles. The van der Waals surface area contributed by atoms with Crippen LogP contribution in [0.3, 0.4) is 0 Å². The third-order valence-electron chi connectivity index (χ3n) is 4.66. The number of carbonyl (C=O) groups excluding carboxylic acids is 1. The van der Waals surface area contributed by atoms with Gasteiger partial charge >= 0.3 is 0 Å². The summed E-state index contributed by atoms with van der Waals surface area (Å²) in [6.07, 6.45) is 7.93. The van der Waals surface area contributed by atoms with E-state index >= 15 is 0 Å². The van der Waals surface area contributed by atoms with E-state index in [0.717, 1.165) is 41.3 Å². The summed E-state index contributed by atoms with van der Waals surface area (Å²) in [6, 6.07) is 9.58. The van der Waals surface area contributed by atoms with Gasteiger partial charge in [0.2, 0.25) is 5.91 Å². The summed E-state index contributed by atoms with van der Waals surface area (Å²) in [5.41, 5.74) is 5.01. The van der Waals surface area contributed by atoms with Gasteiger partial charge in [-0.2, -0.15) is 0 Å². The zero-order valence-corrected chi connectivity index (χ0v) is 14.8. The third kappa shape index (κ3) is 3.49. The largest absolute Gasteiger partial charge is 0.325 e. The van der Waals surface area contributed by atoms with Crippen molar-refractivity contribution in [2.45, 2.75) is 39.2 Å². The first-order valence-electron chi connectivity index (χ1n) is 8.92. The standard InChI is InChI=1S/C20H21N5O/c1-14-21-11-10-17(23-14)15-6-8-16(9-7-15)24-20(26)12-25-13-22-18-4-2-3-5-19(18)25/h6-11,13H,2-5,12H2,1H3,(H,24,26). The van der Waals surface area contributed by atoms with Gasteiger partial charge in [-0.05, 0) is 50.8 Å². The summed E-state index contributed by atoms with van der Waals surface area (Å²) < 4.78 is 1.97. The van der Waals surface area contributed by atoms with Gasteiger partial charge in [0.25, 0.3) is 0 Å².